The van der Waals surface area contributed by atoms with Crippen molar-refractivity contribution in [2.75, 3.05) is 9.80 Å². The van der Waals surface area contributed by atoms with E-state index in [2.05, 4.69) is 337 Å². The minimum atomic E-state index is -0.570. The van der Waals surface area contributed by atoms with Gasteiger partial charge < -0.3 is 28.1 Å². The number of fused-ring (bicyclic) bond motifs is 16. The molecule has 0 amide bonds. The van der Waals surface area contributed by atoms with Crippen LogP contribution in [-0.4, -0.2) is 25.0 Å². The number of nitrogens with zero attached hydrogens (tertiary/aromatic N) is 8. The van der Waals surface area contributed by atoms with Gasteiger partial charge in [-0.05, 0) is 194 Å². The number of benzene rings is 15. The normalized spacial score (nSPS) is 13.4. The van der Waals surface area contributed by atoms with E-state index < -0.39 is 24.8 Å². The van der Waals surface area contributed by atoms with E-state index in [1.54, 1.807) is 0 Å². The van der Waals surface area contributed by atoms with E-state index in [1.807, 2.05) is 36.4 Å². The fourth-order valence-corrected chi connectivity index (χ4v) is 17.9. The lowest BCUT2D eigenvalue weighted by molar-refractivity contribution is 0.590. The van der Waals surface area contributed by atoms with E-state index in [4.69, 9.17) is 4.11 Å². The Morgan fingerprint density at radius 1 is 0.284 bits per heavy atom. The van der Waals surface area contributed by atoms with Crippen LogP contribution in [0.5, 0.6) is 0 Å². The van der Waals surface area contributed by atoms with Crippen LogP contribution in [0.4, 0.5) is 34.1 Å². The molecule has 9 heteroatoms. The number of nitriles is 2. The number of rotatable bonds is 8. The van der Waals surface area contributed by atoms with Crippen molar-refractivity contribution in [3.8, 4) is 57.1 Å². The molecule has 8 nitrogen and oxygen atoms in total. The molecule has 0 saturated heterocycles. The van der Waals surface area contributed by atoms with Crippen molar-refractivity contribution in [3.05, 3.63) is 344 Å². The van der Waals surface area contributed by atoms with Gasteiger partial charge in [0.05, 0.1) is 79.2 Å². The molecule has 19 aromatic rings. The summed E-state index contributed by atoms with van der Waals surface area (Å²) in [7, 11) is 0. The summed E-state index contributed by atoms with van der Waals surface area (Å²) >= 11 is 0. The second-order valence-corrected chi connectivity index (χ2v) is 31.1. The Morgan fingerprint density at radius 2 is 0.670 bits per heavy atom. The maximum absolute atomic E-state index is 12.0. The lowest BCUT2D eigenvalue weighted by atomic mass is 9.33. The first-order valence-electron chi connectivity index (χ1n) is 39.7. The molecule has 2 aliphatic rings. The first kappa shape index (κ1) is 58.4. The highest BCUT2D eigenvalue weighted by atomic mass is 15.2. The largest absolute Gasteiger partial charge is 0.311 e. The third kappa shape index (κ3) is 9.63. The Morgan fingerprint density at radius 3 is 1.21 bits per heavy atom. The molecule has 2 aliphatic heterocycles. The summed E-state index contributed by atoms with van der Waals surface area (Å²) in [5.41, 5.74) is 24.0. The number of hydrogen-bond donors (Lipinski definition) is 0. The van der Waals surface area contributed by atoms with Crippen LogP contribution >= 0.6 is 0 Å². The minimum absolute atomic E-state index is 0.0545. The Hall–Kier alpha value is -13.9. The summed E-state index contributed by atoms with van der Waals surface area (Å²) in [4.78, 5) is 4.62. The van der Waals surface area contributed by atoms with Crippen LogP contribution in [0.15, 0.2) is 321 Å². The van der Waals surface area contributed by atoms with E-state index in [1.165, 1.54) is 11.1 Å². The van der Waals surface area contributed by atoms with Crippen molar-refractivity contribution in [3.63, 3.8) is 0 Å². The van der Waals surface area contributed by atoms with Gasteiger partial charge in [0.2, 0.25) is 0 Å². The average molecular weight is 1400 g/mol. The summed E-state index contributed by atoms with van der Waals surface area (Å²) in [5, 5.41) is 32.3. The molecule has 0 spiro atoms. The fraction of sp³-hybridized carbons (Fsp3) is 0.0800. The molecule has 0 N–H and O–H groups in total. The molecular weight excluding hydrogens is 1320 g/mol. The quantitative estimate of drug-likeness (QED) is 0.142. The van der Waals surface area contributed by atoms with Crippen molar-refractivity contribution >= 4 is 144 Å². The number of hydrogen-bond acceptors (Lipinski definition) is 4. The van der Waals surface area contributed by atoms with Crippen molar-refractivity contribution in [2.45, 2.75) is 52.4 Å². The average Bonchev–Trinajstić information content (AvgIpc) is 0.773. The maximum Gasteiger partial charge on any atom is 0.252 e. The Labute approximate surface area is 639 Å². The molecule has 0 radical (unpaired) electrons. The Bertz CT molecular complexity index is 7310. The zero-order chi connectivity index (χ0) is 77.6. The molecule has 6 heterocycles. The lowest BCUT2D eigenvalue weighted by Gasteiger charge is -2.45. The summed E-state index contributed by atoms with van der Waals surface area (Å²) < 4.78 is 55.6. The molecule has 4 aromatic heterocycles. The highest BCUT2D eigenvalue weighted by Crippen LogP contribution is 2.51. The van der Waals surface area contributed by atoms with Gasteiger partial charge in [-0.25, -0.2) is 0 Å². The van der Waals surface area contributed by atoms with E-state index in [0.717, 1.165) is 155 Å². The van der Waals surface area contributed by atoms with E-state index >= 15 is 0 Å². The summed E-state index contributed by atoms with van der Waals surface area (Å²) in [6.07, 6.45) is 0. The van der Waals surface area contributed by atoms with E-state index in [-0.39, 0.29) is 28.5 Å². The third-order valence-electron chi connectivity index (χ3n) is 23.0. The molecule has 0 aliphatic carbocycles. The van der Waals surface area contributed by atoms with Crippen LogP contribution in [0, 0.1) is 22.7 Å². The lowest BCUT2D eigenvalue weighted by Crippen LogP contribution is -2.61. The van der Waals surface area contributed by atoms with Crippen molar-refractivity contribution < 1.29 is 6.85 Å². The fourth-order valence-electron chi connectivity index (χ4n) is 17.9. The number of para-hydroxylation sites is 5. The Kier molecular flexibility index (Phi) is 12.8. The molecule has 0 unspecified atom stereocenters. The maximum atomic E-state index is 12.0. The van der Waals surface area contributed by atoms with Gasteiger partial charge in [0, 0.05) is 82.9 Å². The predicted molar refractivity (Wildman–Crippen MR) is 456 cm³/mol. The zero-order valence-corrected chi connectivity index (χ0v) is 60.9. The Balaban J connectivity index is 0.926. The van der Waals surface area contributed by atoms with Gasteiger partial charge >= 0.3 is 0 Å². The van der Waals surface area contributed by atoms with Gasteiger partial charge in [-0.2, -0.15) is 10.5 Å². The standard InChI is InChI=1S/C100H71BN8/c1-99(2,3)68-41-49-90-80(53-68)81-54-69(100(4,5)6)42-50-91(81)105(90)72-45-47-83-95(57-72)106(71-44-38-66(60-102)92(56-71)108-87-35-21-15-29-76(87)77-30-16-22-36-88(77)108)96-58-73(107-86-34-20-17-31-78(86)79-51-64(40-48-89(79)107)62-23-9-7-10-24-62)59-97-98(96)101(83)82-46-39-65(63-25-11-8-12-26-63)52-94(82)109(97)93-55-70(43-37-67(93)61-103)104-84-32-18-13-27-74(84)75-28-14-19-33-85(75)104/h7-59H,1-6H3/i8D,11D,12D,25D,26D. The molecule has 15 aromatic carbocycles. The van der Waals surface area contributed by atoms with Gasteiger partial charge in [-0.3, -0.25) is 0 Å². The van der Waals surface area contributed by atoms with Gasteiger partial charge in [0.25, 0.3) is 6.71 Å². The van der Waals surface area contributed by atoms with Crippen LogP contribution in [0.2, 0.25) is 0 Å². The minimum Gasteiger partial charge on any atom is -0.311 e. The first-order valence-corrected chi connectivity index (χ1v) is 37.2. The molecule has 109 heavy (non-hydrogen) atoms. The molecule has 514 valence electrons. The highest BCUT2D eigenvalue weighted by Gasteiger charge is 2.45. The molecule has 21 rings (SSSR count). The first-order chi connectivity index (χ1) is 55.3. The second kappa shape index (κ2) is 23.8. The van der Waals surface area contributed by atoms with Crippen LogP contribution in [-0.2, 0) is 10.8 Å². The van der Waals surface area contributed by atoms with Gasteiger partial charge in [-0.1, -0.05) is 229 Å². The van der Waals surface area contributed by atoms with Crippen LogP contribution < -0.4 is 26.2 Å². The zero-order valence-electron chi connectivity index (χ0n) is 65.9. The molecule has 0 fully saturated rings. The molecule has 0 bridgehead atoms. The molecular formula is C100H71BN8. The highest BCUT2D eigenvalue weighted by molar-refractivity contribution is 7.00. The predicted octanol–water partition coefficient (Wildman–Crippen LogP) is 23.8. The summed E-state index contributed by atoms with van der Waals surface area (Å²) in [6, 6.07) is 106. The van der Waals surface area contributed by atoms with E-state index in [9.17, 15) is 13.3 Å². The van der Waals surface area contributed by atoms with Gasteiger partial charge in [0.15, 0.2) is 0 Å². The molecule has 0 saturated carbocycles. The smallest absolute Gasteiger partial charge is 0.252 e. The third-order valence-corrected chi connectivity index (χ3v) is 23.0. The van der Waals surface area contributed by atoms with Gasteiger partial charge in [0.1, 0.15) is 12.1 Å². The SMILES string of the molecule is [2H]c1c([2H])c([2H])c(-c2ccc3c(c2)N(c2cc(-n4c5ccccc5c5ccccc54)ccc2C#N)c2cc(-n4c5ccccc5c5cc(-c6ccccc6)ccc54)cc4c2B3c2ccc(-n3c5ccc(C(C)(C)C)cc5c5cc(C(C)(C)C)ccc53)cc2N4c2ccc(C#N)c(-n3c4ccccc4c4ccccc43)c2)c([2H])c1[2H]. The second-order valence-electron chi connectivity index (χ2n) is 31.1. The van der Waals surface area contributed by atoms with Gasteiger partial charge in [-0.15, -0.1) is 0 Å². The topological polar surface area (TPSA) is 73.8 Å². The van der Waals surface area contributed by atoms with Crippen molar-refractivity contribution in [1.29, 1.82) is 10.5 Å². The number of aromatic nitrogens is 4. The van der Waals surface area contributed by atoms with Crippen LogP contribution in [0.3, 0.4) is 0 Å². The monoisotopic (exact) mass is 1400 g/mol. The van der Waals surface area contributed by atoms with E-state index in [0.29, 0.717) is 33.8 Å². The van der Waals surface area contributed by atoms with Crippen molar-refractivity contribution in [1.82, 2.24) is 18.3 Å². The van der Waals surface area contributed by atoms with Crippen molar-refractivity contribution in [2.24, 2.45) is 0 Å². The molecule has 0 atom stereocenters. The summed E-state index contributed by atoms with van der Waals surface area (Å²) in [5.74, 6) is 0. The van der Waals surface area contributed by atoms with Crippen LogP contribution in [0.1, 0.15) is 70.7 Å². The summed E-state index contributed by atoms with van der Waals surface area (Å²) in [6.45, 7) is 13.0. The number of anilines is 6. The van der Waals surface area contributed by atoms with Crippen LogP contribution in [0.25, 0.3) is 132 Å².